The Hall–Kier alpha value is -1.26. The summed E-state index contributed by atoms with van der Waals surface area (Å²) in [6.45, 7) is 9.39. The largest absolute Gasteiger partial charge is 0.504 e. The Bertz CT molecular complexity index is 492. The zero-order valence-electron chi connectivity index (χ0n) is 13.1. The van der Waals surface area contributed by atoms with Crippen LogP contribution in [-0.2, 0) is 6.54 Å². The summed E-state index contributed by atoms with van der Waals surface area (Å²) < 4.78 is 5.49. The predicted molar refractivity (Wildman–Crippen MR) is 83.7 cm³/mol. The number of nitrogens with zero attached hydrogens (tertiary/aromatic N) is 2. The van der Waals surface area contributed by atoms with Crippen LogP contribution in [0.5, 0.6) is 11.5 Å². The molecule has 0 amide bonds. The predicted octanol–water partition coefficient (Wildman–Crippen LogP) is 2.46. The lowest BCUT2D eigenvalue weighted by molar-refractivity contribution is 0.0470. The quantitative estimate of drug-likeness (QED) is 0.924. The van der Waals surface area contributed by atoms with Crippen molar-refractivity contribution in [3.8, 4) is 11.5 Å². The van der Waals surface area contributed by atoms with E-state index in [2.05, 4.69) is 16.7 Å². The second-order valence-corrected chi connectivity index (χ2v) is 6.19. The van der Waals surface area contributed by atoms with Crippen molar-refractivity contribution in [2.75, 3.05) is 26.2 Å². The fraction of sp³-hybridized carbons (Fsp3) is 0.647. The van der Waals surface area contributed by atoms with Crippen molar-refractivity contribution in [1.82, 2.24) is 9.80 Å². The monoisotopic (exact) mass is 290 g/mol. The lowest BCUT2D eigenvalue weighted by atomic mass is 10.0. The molecule has 3 rings (SSSR count). The van der Waals surface area contributed by atoms with Crippen LogP contribution in [0.3, 0.4) is 0 Å². The van der Waals surface area contributed by atoms with Gasteiger partial charge in [-0.15, -0.1) is 0 Å². The van der Waals surface area contributed by atoms with Crippen LogP contribution in [0.15, 0.2) is 18.2 Å². The van der Waals surface area contributed by atoms with Crippen LogP contribution in [-0.4, -0.2) is 53.2 Å². The van der Waals surface area contributed by atoms with Crippen molar-refractivity contribution < 1.29 is 9.84 Å². The molecule has 2 saturated heterocycles. The molecule has 116 valence electrons. The number of fused-ring (bicyclic) bond motifs is 1. The van der Waals surface area contributed by atoms with E-state index < -0.39 is 0 Å². The van der Waals surface area contributed by atoms with Gasteiger partial charge in [0.1, 0.15) is 0 Å². The topological polar surface area (TPSA) is 35.9 Å². The molecule has 0 aromatic heterocycles. The Morgan fingerprint density at radius 2 is 2.14 bits per heavy atom. The van der Waals surface area contributed by atoms with Crippen molar-refractivity contribution >= 4 is 0 Å². The van der Waals surface area contributed by atoms with E-state index in [4.69, 9.17) is 4.74 Å². The van der Waals surface area contributed by atoms with Gasteiger partial charge in [0, 0.05) is 31.7 Å². The molecule has 0 aliphatic carbocycles. The molecule has 1 aromatic carbocycles. The van der Waals surface area contributed by atoms with Gasteiger partial charge < -0.3 is 9.84 Å². The number of phenolic OH excluding ortho intramolecular Hbond substituents is 1. The molecule has 1 aromatic rings. The van der Waals surface area contributed by atoms with Crippen LogP contribution in [0.2, 0.25) is 0 Å². The number of aromatic hydroxyl groups is 1. The van der Waals surface area contributed by atoms with E-state index in [1.807, 2.05) is 19.1 Å². The lowest BCUT2D eigenvalue weighted by Crippen LogP contribution is -2.55. The summed E-state index contributed by atoms with van der Waals surface area (Å²) in [6, 6.07) is 7.06. The molecule has 2 atom stereocenters. The molecule has 1 N–H and O–H groups in total. The van der Waals surface area contributed by atoms with Crippen molar-refractivity contribution in [3.63, 3.8) is 0 Å². The maximum atomic E-state index is 9.80. The van der Waals surface area contributed by atoms with Gasteiger partial charge in [0.15, 0.2) is 11.5 Å². The first-order valence-electron chi connectivity index (χ1n) is 8.12. The molecule has 2 heterocycles. The van der Waals surface area contributed by atoms with Gasteiger partial charge in [-0.3, -0.25) is 9.80 Å². The normalized spacial score (nSPS) is 26.8. The fourth-order valence-electron chi connectivity index (χ4n) is 3.77. The Balaban J connectivity index is 1.70. The third-order valence-corrected chi connectivity index (χ3v) is 4.93. The Labute approximate surface area is 127 Å². The van der Waals surface area contributed by atoms with Crippen molar-refractivity contribution in [1.29, 1.82) is 0 Å². The maximum absolute atomic E-state index is 9.80. The first-order valence-corrected chi connectivity index (χ1v) is 8.12. The van der Waals surface area contributed by atoms with Crippen LogP contribution >= 0.6 is 0 Å². The highest BCUT2D eigenvalue weighted by Crippen LogP contribution is 2.30. The second kappa shape index (κ2) is 6.24. The van der Waals surface area contributed by atoms with E-state index >= 15 is 0 Å². The summed E-state index contributed by atoms with van der Waals surface area (Å²) in [7, 11) is 0. The SMILES string of the molecule is CCOc1cc(CN2CCN3CCC[C@@H]3[C@H]2C)ccc1O. The summed E-state index contributed by atoms with van der Waals surface area (Å²) in [5, 5.41) is 9.80. The van der Waals surface area contributed by atoms with Gasteiger partial charge in [0.25, 0.3) is 0 Å². The molecule has 4 nitrogen and oxygen atoms in total. The van der Waals surface area contributed by atoms with E-state index in [1.165, 1.54) is 31.5 Å². The highest BCUT2D eigenvalue weighted by Gasteiger charge is 2.36. The van der Waals surface area contributed by atoms with Crippen LogP contribution in [0.4, 0.5) is 0 Å². The molecular weight excluding hydrogens is 264 g/mol. The van der Waals surface area contributed by atoms with Gasteiger partial charge in [0.05, 0.1) is 6.61 Å². The van der Waals surface area contributed by atoms with E-state index in [0.29, 0.717) is 18.4 Å². The lowest BCUT2D eigenvalue weighted by Gasteiger charge is -2.43. The fourth-order valence-corrected chi connectivity index (χ4v) is 3.77. The average molecular weight is 290 g/mol. The van der Waals surface area contributed by atoms with Crippen LogP contribution in [0.25, 0.3) is 0 Å². The third-order valence-electron chi connectivity index (χ3n) is 4.93. The number of benzene rings is 1. The molecule has 21 heavy (non-hydrogen) atoms. The first-order chi connectivity index (χ1) is 10.2. The summed E-state index contributed by atoms with van der Waals surface area (Å²) in [4.78, 5) is 5.21. The number of hydrogen-bond acceptors (Lipinski definition) is 4. The smallest absolute Gasteiger partial charge is 0.161 e. The molecule has 0 unspecified atom stereocenters. The van der Waals surface area contributed by atoms with Gasteiger partial charge >= 0.3 is 0 Å². The molecule has 0 spiro atoms. The molecule has 0 bridgehead atoms. The average Bonchev–Trinajstić information content (AvgIpc) is 2.95. The minimum Gasteiger partial charge on any atom is -0.504 e. The number of phenols is 1. The number of ether oxygens (including phenoxy) is 1. The zero-order chi connectivity index (χ0) is 14.8. The molecule has 2 aliphatic heterocycles. The van der Waals surface area contributed by atoms with Crippen LogP contribution < -0.4 is 4.74 Å². The van der Waals surface area contributed by atoms with Crippen molar-refractivity contribution in [3.05, 3.63) is 23.8 Å². The summed E-state index contributed by atoms with van der Waals surface area (Å²) in [6.07, 6.45) is 2.67. The third kappa shape index (κ3) is 3.01. The second-order valence-electron chi connectivity index (χ2n) is 6.19. The van der Waals surface area contributed by atoms with Gasteiger partial charge in [-0.1, -0.05) is 6.07 Å². The van der Waals surface area contributed by atoms with Crippen LogP contribution in [0.1, 0.15) is 32.3 Å². The standard InChI is InChI=1S/C17H26N2O2/c1-3-21-17-11-14(6-7-16(17)20)12-19-10-9-18-8-4-5-15(18)13(19)2/h6-7,11,13,15,20H,3-5,8-10,12H2,1-2H3/t13-,15-/m1/s1. The number of hydrogen-bond donors (Lipinski definition) is 1. The van der Waals surface area contributed by atoms with E-state index in [0.717, 1.165) is 19.1 Å². The van der Waals surface area contributed by atoms with E-state index in [9.17, 15) is 5.11 Å². The molecule has 2 fully saturated rings. The Kier molecular flexibility index (Phi) is 4.36. The minimum absolute atomic E-state index is 0.231. The first kappa shape index (κ1) is 14.7. The molecule has 0 saturated carbocycles. The van der Waals surface area contributed by atoms with Crippen molar-refractivity contribution in [2.45, 2.75) is 45.3 Å². The Morgan fingerprint density at radius 1 is 1.29 bits per heavy atom. The zero-order valence-corrected chi connectivity index (χ0v) is 13.1. The molecule has 0 radical (unpaired) electrons. The molecule has 2 aliphatic rings. The highest BCUT2D eigenvalue weighted by molar-refractivity contribution is 5.41. The number of rotatable bonds is 4. The van der Waals surface area contributed by atoms with Gasteiger partial charge in [-0.25, -0.2) is 0 Å². The van der Waals surface area contributed by atoms with Crippen molar-refractivity contribution in [2.24, 2.45) is 0 Å². The van der Waals surface area contributed by atoms with Gasteiger partial charge in [-0.05, 0) is 50.9 Å². The maximum Gasteiger partial charge on any atom is 0.161 e. The van der Waals surface area contributed by atoms with Gasteiger partial charge in [0.2, 0.25) is 0 Å². The minimum atomic E-state index is 0.231. The molecule has 4 heteroatoms. The van der Waals surface area contributed by atoms with Gasteiger partial charge in [-0.2, -0.15) is 0 Å². The number of piperazine rings is 1. The van der Waals surface area contributed by atoms with E-state index in [-0.39, 0.29) is 5.75 Å². The molecular formula is C17H26N2O2. The highest BCUT2D eigenvalue weighted by atomic mass is 16.5. The Morgan fingerprint density at radius 3 is 2.95 bits per heavy atom. The van der Waals surface area contributed by atoms with E-state index in [1.54, 1.807) is 6.07 Å². The summed E-state index contributed by atoms with van der Waals surface area (Å²) >= 11 is 0. The summed E-state index contributed by atoms with van der Waals surface area (Å²) in [5.74, 6) is 0.830. The summed E-state index contributed by atoms with van der Waals surface area (Å²) in [5.41, 5.74) is 1.22. The van der Waals surface area contributed by atoms with Crippen LogP contribution in [0, 0.1) is 0 Å².